The summed E-state index contributed by atoms with van der Waals surface area (Å²) in [5.74, 6) is -0.668. The van der Waals surface area contributed by atoms with Crippen LogP contribution in [0.5, 0.6) is 11.5 Å². The summed E-state index contributed by atoms with van der Waals surface area (Å²) < 4.78 is 11.1. The first kappa shape index (κ1) is 28.7. The molecule has 0 aliphatic carbocycles. The molecule has 1 saturated heterocycles. The van der Waals surface area contributed by atoms with Crippen molar-refractivity contribution in [3.8, 4) is 11.5 Å². The van der Waals surface area contributed by atoms with Gasteiger partial charge in [-0.3, -0.25) is 14.5 Å². The zero-order valence-electron chi connectivity index (χ0n) is 22.4. The fourth-order valence-corrected chi connectivity index (χ4v) is 5.61. The number of aliphatic hydroxyl groups is 2. The van der Waals surface area contributed by atoms with Gasteiger partial charge in [0.1, 0.15) is 5.82 Å². The van der Waals surface area contributed by atoms with Gasteiger partial charge < -0.3 is 29.7 Å². The Balaban J connectivity index is 1.63. The molecule has 212 valence electrons. The van der Waals surface area contributed by atoms with Crippen LogP contribution in [0.25, 0.3) is 0 Å². The van der Waals surface area contributed by atoms with Crippen molar-refractivity contribution in [2.24, 2.45) is 5.92 Å². The van der Waals surface area contributed by atoms with Gasteiger partial charge in [-0.15, -0.1) is 0 Å². The third-order valence-corrected chi connectivity index (χ3v) is 7.55. The summed E-state index contributed by atoms with van der Waals surface area (Å²) in [6, 6.07) is 4.87. The van der Waals surface area contributed by atoms with Crippen LogP contribution in [0.2, 0.25) is 0 Å². The Morgan fingerprint density at radius 1 is 1.13 bits per heavy atom. The van der Waals surface area contributed by atoms with Crippen LogP contribution in [-0.4, -0.2) is 92.6 Å². The number of fused-ring (bicyclic) bond motifs is 1. The Hall–Kier alpha value is -3.28. The van der Waals surface area contributed by atoms with Gasteiger partial charge in [0.2, 0.25) is 12.7 Å². The summed E-state index contributed by atoms with van der Waals surface area (Å²) in [5, 5.41) is 29.7. The first-order chi connectivity index (χ1) is 19.0. The van der Waals surface area contributed by atoms with Gasteiger partial charge in [-0.2, -0.15) is 0 Å². The van der Waals surface area contributed by atoms with E-state index in [0.717, 1.165) is 18.4 Å². The minimum atomic E-state index is -0.944. The molecule has 4 rings (SSSR count). The number of aliphatic carboxylic acids is 1. The van der Waals surface area contributed by atoms with Crippen LogP contribution >= 0.6 is 0 Å². The minimum Gasteiger partial charge on any atom is -0.481 e. The lowest BCUT2D eigenvalue weighted by molar-refractivity contribution is -0.143. The Morgan fingerprint density at radius 3 is 2.59 bits per heavy atom. The molecule has 39 heavy (non-hydrogen) atoms. The van der Waals surface area contributed by atoms with Crippen LogP contribution in [0.1, 0.15) is 55.5 Å². The van der Waals surface area contributed by atoms with Crippen molar-refractivity contribution in [2.45, 2.75) is 57.6 Å². The van der Waals surface area contributed by atoms with Crippen molar-refractivity contribution < 1.29 is 34.4 Å². The lowest BCUT2D eigenvalue weighted by atomic mass is 9.83. The van der Waals surface area contributed by atoms with Crippen molar-refractivity contribution in [3.05, 3.63) is 47.5 Å². The Kier molecular flexibility index (Phi) is 10.1. The van der Waals surface area contributed by atoms with Crippen LogP contribution in [0.15, 0.2) is 30.6 Å². The number of hydrogen-bond donors (Lipinski definition) is 3. The number of rotatable bonds is 14. The Bertz CT molecular complexity index is 1110. The molecule has 1 aromatic heterocycles. The van der Waals surface area contributed by atoms with E-state index in [-0.39, 0.29) is 32.5 Å². The monoisotopic (exact) mass is 542 g/mol. The van der Waals surface area contributed by atoms with Gasteiger partial charge in [0.15, 0.2) is 11.5 Å². The SMILES string of the molecule is CCCCN(CCCO)C(=O)CN1C[C@H](c2cc(CO)c3c(c2)OCO3)[C@@H](C(=O)O)[C@@H]1CCc1ncccn1. The van der Waals surface area contributed by atoms with E-state index in [1.165, 1.54) is 0 Å². The van der Waals surface area contributed by atoms with Crippen LogP contribution in [0, 0.1) is 5.92 Å². The number of carboxylic acid groups (broad SMARTS) is 1. The van der Waals surface area contributed by atoms with Crippen LogP contribution < -0.4 is 9.47 Å². The summed E-state index contributed by atoms with van der Waals surface area (Å²) in [5.41, 5.74) is 1.28. The number of unbranched alkanes of at least 4 members (excludes halogenated alkanes) is 1. The van der Waals surface area contributed by atoms with E-state index in [9.17, 15) is 24.9 Å². The highest BCUT2D eigenvalue weighted by Gasteiger charge is 2.47. The van der Waals surface area contributed by atoms with Crippen molar-refractivity contribution in [1.29, 1.82) is 0 Å². The predicted molar refractivity (Wildman–Crippen MR) is 141 cm³/mol. The number of benzene rings is 1. The number of carboxylic acids is 1. The molecular formula is C28H38N4O7. The summed E-state index contributed by atoms with van der Waals surface area (Å²) in [6.45, 7) is 3.32. The van der Waals surface area contributed by atoms with Crippen molar-refractivity contribution in [2.75, 3.05) is 39.6 Å². The standard InChI is InChI=1S/C28H38N4O7/c1-2-3-10-31(11-5-12-33)25(35)16-32-15-21(19-13-20(17-34)27-23(14-19)38-18-39-27)26(28(36)37)22(32)6-7-24-29-8-4-9-30-24/h4,8-9,13-14,21-22,26,33-34H,2-3,5-7,10-12,15-18H2,1H3,(H,36,37)/t21-,22+,26-/m1/s1. The average molecular weight is 543 g/mol. The Morgan fingerprint density at radius 2 is 1.90 bits per heavy atom. The minimum absolute atomic E-state index is 0.000212. The molecule has 2 aromatic rings. The maximum absolute atomic E-state index is 13.5. The van der Waals surface area contributed by atoms with Crippen LogP contribution in [0.4, 0.5) is 0 Å². The molecule has 0 spiro atoms. The van der Waals surface area contributed by atoms with Gasteiger partial charge in [-0.1, -0.05) is 13.3 Å². The molecule has 3 heterocycles. The van der Waals surface area contributed by atoms with Gasteiger partial charge in [0.05, 0.1) is 19.1 Å². The van der Waals surface area contributed by atoms with Gasteiger partial charge in [0.25, 0.3) is 0 Å². The molecule has 1 amide bonds. The van der Waals surface area contributed by atoms with E-state index in [0.29, 0.717) is 61.8 Å². The molecule has 11 nitrogen and oxygen atoms in total. The zero-order chi connectivity index (χ0) is 27.8. The van der Waals surface area contributed by atoms with Crippen molar-refractivity contribution in [3.63, 3.8) is 0 Å². The number of amides is 1. The fourth-order valence-electron chi connectivity index (χ4n) is 5.61. The highest BCUT2D eigenvalue weighted by Crippen LogP contribution is 2.44. The molecule has 1 aromatic carbocycles. The molecule has 0 unspecified atom stereocenters. The topological polar surface area (TPSA) is 146 Å². The highest BCUT2D eigenvalue weighted by atomic mass is 16.7. The normalized spacial score (nSPS) is 20.3. The number of ether oxygens (including phenoxy) is 2. The number of carbonyl (C=O) groups excluding carboxylic acids is 1. The summed E-state index contributed by atoms with van der Waals surface area (Å²) >= 11 is 0. The Labute approximate surface area is 228 Å². The van der Waals surface area contributed by atoms with E-state index in [1.54, 1.807) is 35.5 Å². The molecule has 1 fully saturated rings. The van der Waals surface area contributed by atoms with Gasteiger partial charge in [-0.05, 0) is 43.0 Å². The van der Waals surface area contributed by atoms with E-state index in [2.05, 4.69) is 16.9 Å². The molecule has 3 atom stereocenters. The van der Waals surface area contributed by atoms with Crippen molar-refractivity contribution in [1.82, 2.24) is 19.8 Å². The third-order valence-electron chi connectivity index (χ3n) is 7.55. The largest absolute Gasteiger partial charge is 0.481 e. The number of aliphatic hydroxyl groups excluding tert-OH is 2. The maximum Gasteiger partial charge on any atom is 0.308 e. The predicted octanol–water partition coefficient (Wildman–Crippen LogP) is 1.81. The average Bonchev–Trinajstić information content (AvgIpc) is 3.56. The van der Waals surface area contributed by atoms with E-state index in [1.807, 2.05) is 4.90 Å². The van der Waals surface area contributed by atoms with Gasteiger partial charge in [0, 0.05) is 62.6 Å². The lowest BCUT2D eigenvalue weighted by Gasteiger charge is -2.29. The molecule has 3 N–H and O–H groups in total. The molecule has 0 radical (unpaired) electrons. The summed E-state index contributed by atoms with van der Waals surface area (Å²) in [6.07, 6.45) is 6.54. The molecular weight excluding hydrogens is 504 g/mol. The van der Waals surface area contributed by atoms with Gasteiger partial charge >= 0.3 is 5.97 Å². The molecule has 2 aliphatic rings. The number of nitrogens with zero attached hydrogens (tertiary/aromatic N) is 4. The number of hydrogen-bond acceptors (Lipinski definition) is 9. The lowest BCUT2D eigenvalue weighted by Crippen LogP contribution is -2.45. The highest BCUT2D eigenvalue weighted by molar-refractivity contribution is 5.79. The van der Waals surface area contributed by atoms with E-state index >= 15 is 0 Å². The second-order valence-corrected chi connectivity index (χ2v) is 10.1. The number of likely N-dealkylation sites (tertiary alicyclic amines) is 1. The van der Waals surface area contributed by atoms with Crippen LogP contribution in [-0.2, 0) is 22.6 Å². The van der Waals surface area contributed by atoms with Crippen LogP contribution in [0.3, 0.4) is 0 Å². The first-order valence-electron chi connectivity index (χ1n) is 13.6. The van der Waals surface area contributed by atoms with E-state index < -0.39 is 23.8 Å². The summed E-state index contributed by atoms with van der Waals surface area (Å²) in [7, 11) is 0. The quantitative estimate of drug-likeness (QED) is 0.323. The van der Waals surface area contributed by atoms with Gasteiger partial charge in [-0.25, -0.2) is 9.97 Å². The molecule has 11 heteroatoms. The molecule has 2 aliphatic heterocycles. The second-order valence-electron chi connectivity index (χ2n) is 10.1. The number of aryl methyl sites for hydroxylation is 1. The first-order valence-corrected chi connectivity index (χ1v) is 13.6. The molecule has 0 saturated carbocycles. The third kappa shape index (κ3) is 6.84. The number of aromatic nitrogens is 2. The number of carbonyl (C=O) groups is 2. The molecule has 0 bridgehead atoms. The second kappa shape index (κ2) is 13.7. The fraction of sp³-hybridized carbons (Fsp3) is 0.571. The summed E-state index contributed by atoms with van der Waals surface area (Å²) in [4.78, 5) is 38.6. The smallest absolute Gasteiger partial charge is 0.308 e. The van der Waals surface area contributed by atoms with Crippen molar-refractivity contribution >= 4 is 11.9 Å². The maximum atomic E-state index is 13.5. The van der Waals surface area contributed by atoms with E-state index in [4.69, 9.17) is 9.47 Å². The zero-order valence-corrected chi connectivity index (χ0v) is 22.4.